The molecule has 1 aliphatic carbocycles. The van der Waals surface area contributed by atoms with Crippen molar-refractivity contribution in [2.75, 3.05) is 6.61 Å². The molecule has 0 spiro atoms. The van der Waals surface area contributed by atoms with Gasteiger partial charge in [-0.25, -0.2) is 4.79 Å². The van der Waals surface area contributed by atoms with E-state index >= 15 is 0 Å². The first-order valence-electron chi connectivity index (χ1n) is 10.8. The summed E-state index contributed by atoms with van der Waals surface area (Å²) in [6.07, 6.45) is 2.66. The third-order valence-corrected chi connectivity index (χ3v) is 5.74. The zero-order valence-corrected chi connectivity index (χ0v) is 18.4. The molecule has 4 rings (SSSR count). The van der Waals surface area contributed by atoms with E-state index in [9.17, 15) is 9.59 Å². The number of ether oxygens (including phenoxy) is 1. The van der Waals surface area contributed by atoms with Gasteiger partial charge >= 0.3 is 5.97 Å². The number of rotatable bonds is 5. The van der Waals surface area contributed by atoms with Gasteiger partial charge in [-0.3, -0.25) is 9.78 Å². The smallest absolute Gasteiger partial charge is 0.339 e. The summed E-state index contributed by atoms with van der Waals surface area (Å²) < 4.78 is 5.58. The van der Waals surface area contributed by atoms with Gasteiger partial charge in [0, 0.05) is 23.2 Å². The molecule has 3 aromatic rings. The van der Waals surface area contributed by atoms with Crippen LogP contribution in [0, 0.1) is 0 Å². The highest BCUT2D eigenvalue weighted by molar-refractivity contribution is 6.05. The molecule has 160 valence electrons. The van der Waals surface area contributed by atoms with Crippen molar-refractivity contribution in [3.05, 3.63) is 77.0 Å². The number of fused-ring (bicyclic) bond motifs is 2. The van der Waals surface area contributed by atoms with E-state index in [1.54, 1.807) is 4.90 Å². The third-order valence-electron chi connectivity index (χ3n) is 5.74. The summed E-state index contributed by atoms with van der Waals surface area (Å²) in [6, 6.07) is 17.5. The molecule has 1 amide bonds. The van der Waals surface area contributed by atoms with E-state index in [1.165, 1.54) is 0 Å². The highest BCUT2D eigenvalue weighted by atomic mass is 16.5. The van der Waals surface area contributed by atoms with Crippen molar-refractivity contribution in [3.63, 3.8) is 0 Å². The molecule has 0 unspecified atom stereocenters. The quantitative estimate of drug-likeness (QED) is 0.565. The normalized spacial score (nSPS) is 13.1. The minimum Gasteiger partial charge on any atom is -0.452 e. The number of benzene rings is 2. The van der Waals surface area contributed by atoms with Crippen LogP contribution in [0.5, 0.6) is 0 Å². The van der Waals surface area contributed by atoms with Crippen LogP contribution in [0.4, 0.5) is 0 Å². The summed E-state index contributed by atoms with van der Waals surface area (Å²) in [5, 5.41) is 0.789. The van der Waals surface area contributed by atoms with E-state index in [1.807, 2.05) is 75.4 Å². The van der Waals surface area contributed by atoms with E-state index < -0.39 is 11.5 Å². The molecule has 5 heteroatoms. The minimum absolute atomic E-state index is 0.209. The second-order valence-electron chi connectivity index (χ2n) is 9.00. The van der Waals surface area contributed by atoms with Gasteiger partial charge in [-0.15, -0.1) is 0 Å². The summed E-state index contributed by atoms with van der Waals surface area (Å²) in [4.78, 5) is 32.7. The fraction of sp³-hybridized carbons (Fsp3) is 0.346. The lowest BCUT2D eigenvalue weighted by molar-refractivity contribution is -0.140. The largest absolute Gasteiger partial charge is 0.452 e. The number of hydrogen-bond acceptors (Lipinski definition) is 4. The topological polar surface area (TPSA) is 59.5 Å². The molecule has 0 atom stereocenters. The second kappa shape index (κ2) is 8.50. The number of esters is 1. The number of aryl methyl sites for hydroxylation is 1. The predicted molar refractivity (Wildman–Crippen MR) is 121 cm³/mol. The number of hydrogen-bond donors (Lipinski definition) is 0. The van der Waals surface area contributed by atoms with Gasteiger partial charge < -0.3 is 9.64 Å². The number of pyridine rings is 1. The van der Waals surface area contributed by atoms with Crippen molar-refractivity contribution in [2.24, 2.45) is 0 Å². The van der Waals surface area contributed by atoms with Crippen molar-refractivity contribution < 1.29 is 14.3 Å². The lowest BCUT2D eigenvalue weighted by Gasteiger charge is -2.35. The van der Waals surface area contributed by atoms with Crippen LogP contribution in [-0.2, 0) is 28.9 Å². The first kappa shape index (κ1) is 21.0. The standard InChI is InChI=1S/C26H28N2O3/c1-26(2,3)28(16-18-10-5-4-6-11-18)23(29)17-31-25(30)24-19-12-7-8-14-21(19)27-22-15-9-13-20(22)24/h4-8,10-12,14H,9,13,15-17H2,1-3H3. The van der Waals surface area contributed by atoms with Crippen molar-refractivity contribution in [1.82, 2.24) is 9.88 Å². The molecule has 0 fully saturated rings. The number of para-hydroxylation sites is 1. The summed E-state index contributed by atoms with van der Waals surface area (Å²) in [6.45, 7) is 6.14. The van der Waals surface area contributed by atoms with E-state index in [0.717, 1.165) is 47.0 Å². The molecule has 0 saturated heterocycles. The Labute approximate surface area is 183 Å². The van der Waals surface area contributed by atoms with E-state index in [2.05, 4.69) is 0 Å². The molecule has 0 bridgehead atoms. The van der Waals surface area contributed by atoms with Crippen molar-refractivity contribution >= 4 is 22.8 Å². The molecule has 1 aliphatic rings. The second-order valence-corrected chi connectivity index (χ2v) is 9.00. The first-order valence-corrected chi connectivity index (χ1v) is 10.8. The SMILES string of the molecule is CC(C)(C)N(Cc1ccccc1)C(=O)COC(=O)c1c2c(nc3ccccc13)CCC2. The number of nitrogens with zero attached hydrogens (tertiary/aromatic N) is 2. The van der Waals surface area contributed by atoms with Crippen LogP contribution in [0.2, 0.25) is 0 Å². The monoisotopic (exact) mass is 416 g/mol. The molecule has 31 heavy (non-hydrogen) atoms. The molecule has 1 heterocycles. The summed E-state index contributed by atoms with van der Waals surface area (Å²) in [5.74, 6) is -0.654. The van der Waals surface area contributed by atoms with Gasteiger partial charge in [-0.1, -0.05) is 48.5 Å². The van der Waals surface area contributed by atoms with Gasteiger partial charge in [0.15, 0.2) is 6.61 Å². The van der Waals surface area contributed by atoms with Crippen LogP contribution in [0.3, 0.4) is 0 Å². The van der Waals surface area contributed by atoms with Gasteiger partial charge in [0.05, 0.1) is 11.1 Å². The predicted octanol–water partition coefficient (Wildman–Crippen LogP) is 4.71. The van der Waals surface area contributed by atoms with Crippen LogP contribution < -0.4 is 0 Å². The van der Waals surface area contributed by atoms with Gasteiger partial charge in [0.25, 0.3) is 5.91 Å². The maximum atomic E-state index is 13.1. The van der Waals surface area contributed by atoms with Crippen LogP contribution in [0.15, 0.2) is 54.6 Å². The van der Waals surface area contributed by atoms with Crippen molar-refractivity contribution in [3.8, 4) is 0 Å². The van der Waals surface area contributed by atoms with Gasteiger partial charge in [-0.2, -0.15) is 0 Å². The Hall–Kier alpha value is -3.21. The first-order chi connectivity index (χ1) is 14.8. The van der Waals surface area contributed by atoms with E-state index in [0.29, 0.717) is 12.1 Å². The fourth-order valence-corrected chi connectivity index (χ4v) is 4.19. The highest BCUT2D eigenvalue weighted by Gasteiger charge is 2.29. The molecular formula is C26H28N2O3. The number of amides is 1. The Balaban J connectivity index is 1.55. The van der Waals surface area contributed by atoms with Gasteiger partial charge in [-0.05, 0) is 57.2 Å². The molecule has 0 saturated carbocycles. The Morgan fingerprint density at radius 2 is 1.71 bits per heavy atom. The Kier molecular flexibility index (Phi) is 5.77. The maximum Gasteiger partial charge on any atom is 0.339 e. The van der Waals surface area contributed by atoms with E-state index in [4.69, 9.17) is 9.72 Å². The lowest BCUT2D eigenvalue weighted by atomic mass is 10.0. The molecule has 0 radical (unpaired) electrons. The lowest BCUT2D eigenvalue weighted by Crippen LogP contribution is -2.46. The van der Waals surface area contributed by atoms with Crippen LogP contribution >= 0.6 is 0 Å². The third kappa shape index (κ3) is 4.46. The molecule has 5 nitrogen and oxygen atoms in total. The van der Waals surface area contributed by atoms with E-state index in [-0.39, 0.29) is 12.5 Å². The van der Waals surface area contributed by atoms with Crippen LogP contribution in [0.25, 0.3) is 10.9 Å². The Morgan fingerprint density at radius 1 is 1.00 bits per heavy atom. The average molecular weight is 417 g/mol. The number of carbonyl (C=O) groups excluding carboxylic acids is 2. The Bertz CT molecular complexity index is 1120. The number of aromatic nitrogens is 1. The zero-order valence-electron chi connectivity index (χ0n) is 18.4. The molecule has 0 N–H and O–H groups in total. The van der Waals surface area contributed by atoms with Gasteiger partial charge in [0.2, 0.25) is 0 Å². The van der Waals surface area contributed by atoms with Crippen molar-refractivity contribution in [2.45, 2.75) is 52.1 Å². The van der Waals surface area contributed by atoms with Gasteiger partial charge in [0.1, 0.15) is 0 Å². The number of carbonyl (C=O) groups is 2. The zero-order chi connectivity index (χ0) is 22.0. The average Bonchev–Trinajstić information content (AvgIpc) is 3.21. The minimum atomic E-state index is -0.446. The fourth-order valence-electron chi connectivity index (χ4n) is 4.19. The van der Waals surface area contributed by atoms with Crippen LogP contribution in [0.1, 0.15) is 54.4 Å². The summed E-state index contributed by atoms with van der Waals surface area (Å²) in [7, 11) is 0. The molecule has 2 aromatic carbocycles. The summed E-state index contributed by atoms with van der Waals surface area (Å²) in [5.41, 5.74) is 3.93. The molecule has 0 aliphatic heterocycles. The summed E-state index contributed by atoms with van der Waals surface area (Å²) >= 11 is 0. The highest BCUT2D eigenvalue weighted by Crippen LogP contribution is 2.30. The Morgan fingerprint density at radius 3 is 2.45 bits per heavy atom. The molecule has 1 aromatic heterocycles. The van der Waals surface area contributed by atoms with Crippen LogP contribution in [-0.4, -0.2) is 33.9 Å². The van der Waals surface area contributed by atoms with Crippen molar-refractivity contribution in [1.29, 1.82) is 0 Å². The maximum absolute atomic E-state index is 13.1. The molecular weight excluding hydrogens is 388 g/mol.